The van der Waals surface area contributed by atoms with Crippen LogP contribution in [0.15, 0.2) is 30.6 Å². The molecule has 0 amide bonds. The average molecular weight is 437 g/mol. The van der Waals surface area contributed by atoms with Crippen LogP contribution in [0.4, 0.5) is 5.69 Å². The van der Waals surface area contributed by atoms with Gasteiger partial charge in [-0.05, 0) is 50.6 Å². The minimum Gasteiger partial charge on any atom is -0.369 e. The third-order valence-corrected chi connectivity index (χ3v) is 7.89. The van der Waals surface area contributed by atoms with Crippen LogP contribution in [0.2, 0.25) is 0 Å². The van der Waals surface area contributed by atoms with Crippen molar-refractivity contribution in [1.29, 1.82) is 5.41 Å². The minimum atomic E-state index is 0.649. The van der Waals surface area contributed by atoms with Gasteiger partial charge >= 0.3 is 0 Å². The highest BCUT2D eigenvalue weighted by Crippen LogP contribution is 2.31. The van der Waals surface area contributed by atoms with Gasteiger partial charge < -0.3 is 14.4 Å². The lowest BCUT2D eigenvalue weighted by molar-refractivity contribution is 0.250. The summed E-state index contributed by atoms with van der Waals surface area (Å²) in [5, 5.41) is 9.91. The van der Waals surface area contributed by atoms with Crippen LogP contribution in [-0.2, 0) is 19.5 Å². The van der Waals surface area contributed by atoms with E-state index in [-0.39, 0.29) is 0 Å². The van der Waals surface area contributed by atoms with Gasteiger partial charge in [0.05, 0.1) is 11.7 Å². The number of para-hydroxylation sites is 1. The van der Waals surface area contributed by atoms with Crippen LogP contribution in [0.1, 0.15) is 22.4 Å². The normalized spacial score (nSPS) is 17.9. The highest BCUT2D eigenvalue weighted by atomic mass is 32.1. The number of piperazine rings is 1. The van der Waals surface area contributed by atoms with Crippen molar-refractivity contribution in [3.63, 3.8) is 0 Å². The highest BCUT2D eigenvalue weighted by Gasteiger charge is 2.21. The molecule has 6 nitrogen and oxygen atoms in total. The third-order valence-electron chi connectivity index (χ3n) is 6.77. The van der Waals surface area contributed by atoms with Crippen molar-refractivity contribution >= 4 is 27.2 Å². The Morgan fingerprint density at radius 1 is 1.06 bits per heavy atom. The molecule has 164 valence electrons. The van der Waals surface area contributed by atoms with Gasteiger partial charge in [-0.3, -0.25) is 10.3 Å². The number of thiophene rings is 1. The highest BCUT2D eigenvalue weighted by molar-refractivity contribution is 7.18. The van der Waals surface area contributed by atoms with E-state index in [1.165, 1.54) is 21.7 Å². The molecule has 0 aliphatic carbocycles. The number of hydrogen-bond donors (Lipinski definition) is 1. The maximum absolute atomic E-state index is 8.81. The fourth-order valence-electron chi connectivity index (χ4n) is 4.94. The van der Waals surface area contributed by atoms with Gasteiger partial charge in [0, 0.05) is 56.4 Å². The lowest BCUT2D eigenvalue weighted by Gasteiger charge is -2.36. The van der Waals surface area contributed by atoms with E-state index in [9.17, 15) is 0 Å². The Hall–Kier alpha value is -2.22. The van der Waals surface area contributed by atoms with E-state index in [1.54, 1.807) is 11.3 Å². The van der Waals surface area contributed by atoms with Gasteiger partial charge in [-0.25, -0.2) is 4.98 Å². The molecule has 1 saturated heterocycles. The number of nitrogens with one attached hydrogen (secondary N) is 1. The molecule has 2 aliphatic heterocycles. The Bertz CT molecular complexity index is 1120. The van der Waals surface area contributed by atoms with Gasteiger partial charge in [-0.2, -0.15) is 0 Å². The van der Waals surface area contributed by atoms with Crippen LogP contribution in [0.25, 0.3) is 10.2 Å². The number of benzene rings is 1. The zero-order valence-corrected chi connectivity index (χ0v) is 19.4. The number of aromatic nitrogens is 2. The molecule has 5 rings (SSSR count). The predicted molar refractivity (Wildman–Crippen MR) is 128 cm³/mol. The first-order valence-corrected chi connectivity index (χ1v) is 12.2. The first kappa shape index (κ1) is 20.7. The predicted octanol–water partition coefficient (Wildman–Crippen LogP) is 3.09. The molecule has 1 fully saturated rings. The maximum atomic E-state index is 8.81. The summed E-state index contributed by atoms with van der Waals surface area (Å²) in [5.74, 6) is 0. The second-order valence-corrected chi connectivity index (χ2v) is 10.0. The van der Waals surface area contributed by atoms with Crippen molar-refractivity contribution < 1.29 is 0 Å². The Morgan fingerprint density at radius 2 is 1.87 bits per heavy atom. The fraction of sp³-hybridized carbons (Fsp3) is 0.500. The fourth-order valence-corrected chi connectivity index (χ4v) is 6.21. The molecule has 0 spiro atoms. The number of fused-ring (bicyclic) bond motifs is 3. The smallest absolute Gasteiger partial charge is 0.136 e. The molecule has 0 atom stereocenters. The first-order valence-electron chi connectivity index (χ1n) is 11.4. The number of rotatable bonds is 5. The van der Waals surface area contributed by atoms with Crippen molar-refractivity contribution in [2.45, 2.75) is 32.9 Å². The molecular formula is C24H32N6S. The van der Waals surface area contributed by atoms with Gasteiger partial charge in [0.15, 0.2) is 0 Å². The van der Waals surface area contributed by atoms with Crippen molar-refractivity contribution in [1.82, 2.24) is 19.4 Å². The van der Waals surface area contributed by atoms with E-state index in [4.69, 9.17) is 10.4 Å². The Balaban J connectivity index is 1.19. The summed E-state index contributed by atoms with van der Waals surface area (Å²) in [6.07, 6.45) is 3.98. The molecule has 0 saturated carbocycles. The van der Waals surface area contributed by atoms with Crippen LogP contribution in [0, 0.1) is 12.3 Å². The summed E-state index contributed by atoms with van der Waals surface area (Å²) >= 11 is 1.77. The molecule has 4 heterocycles. The number of nitrogens with zero attached hydrogens (tertiary/aromatic N) is 5. The monoisotopic (exact) mass is 436 g/mol. The lowest BCUT2D eigenvalue weighted by atomic mass is 10.1. The average Bonchev–Trinajstić information content (AvgIpc) is 3.14. The number of aryl methyl sites for hydroxylation is 2. The second-order valence-electron chi connectivity index (χ2n) is 8.93. The van der Waals surface area contributed by atoms with Gasteiger partial charge in [-0.15, -0.1) is 11.3 Å². The molecule has 0 unspecified atom stereocenters. The lowest BCUT2D eigenvalue weighted by Crippen LogP contribution is -2.47. The molecule has 0 bridgehead atoms. The molecule has 1 aromatic carbocycles. The summed E-state index contributed by atoms with van der Waals surface area (Å²) in [7, 11) is 2.17. The van der Waals surface area contributed by atoms with Crippen LogP contribution < -0.4 is 10.4 Å². The minimum absolute atomic E-state index is 0.649. The first-order chi connectivity index (χ1) is 15.1. The van der Waals surface area contributed by atoms with Crippen LogP contribution in [0.3, 0.4) is 0 Å². The third kappa shape index (κ3) is 4.14. The topological polar surface area (TPSA) is 51.4 Å². The van der Waals surface area contributed by atoms with Crippen molar-refractivity contribution in [2.24, 2.45) is 0 Å². The summed E-state index contributed by atoms with van der Waals surface area (Å²) in [6, 6.07) is 8.69. The molecule has 2 aliphatic rings. The van der Waals surface area contributed by atoms with E-state index >= 15 is 0 Å². The van der Waals surface area contributed by atoms with Gasteiger partial charge in [0.1, 0.15) is 10.3 Å². The largest absolute Gasteiger partial charge is 0.369 e. The van der Waals surface area contributed by atoms with Crippen molar-refractivity contribution in [2.75, 3.05) is 51.2 Å². The van der Waals surface area contributed by atoms with Crippen molar-refractivity contribution in [3.05, 3.63) is 52.1 Å². The van der Waals surface area contributed by atoms with Crippen LogP contribution in [-0.4, -0.2) is 65.7 Å². The summed E-state index contributed by atoms with van der Waals surface area (Å²) in [5.41, 5.74) is 4.76. The summed E-state index contributed by atoms with van der Waals surface area (Å²) in [6.45, 7) is 10.6. The van der Waals surface area contributed by atoms with Gasteiger partial charge in [0.2, 0.25) is 0 Å². The summed E-state index contributed by atoms with van der Waals surface area (Å²) in [4.78, 5) is 14.6. The second kappa shape index (κ2) is 8.73. The molecule has 3 aromatic rings. The number of hydrogen-bond acceptors (Lipinski definition) is 6. The molecule has 1 N–H and O–H groups in total. The number of anilines is 1. The quantitative estimate of drug-likeness (QED) is 0.668. The standard InChI is InChI=1S/C24H32N6S/c1-18-6-3-4-7-20(18)29-14-12-28(13-15-29)9-5-10-30-17-26-24-22(23(30)25)19-8-11-27(2)16-21(19)31-24/h3-4,6-7,17,25H,5,8-16H2,1-2H3. The number of likely N-dealkylation sites (N-methyl/N-ethyl adjacent to an activating group) is 1. The maximum Gasteiger partial charge on any atom is 0.136 e. The van der Waals surface area contributed by atoms with E-state index in [0.29, 0.717) is 5.49 Å². The Morgan fingerprint density at radius 3 is 2.68 bits per heavy atom. The molecular weight excluding hydrogens is 404 g/mol. The SMILES string of the molecule is Cc1ccccc1N1CCN(CCCn2cnc3sc4c(c3c2=N)CCN(C)C4)CC1. The van der Waals surface area contributed by atoms with E-state index in [1.807, 2.05) is 6.33 Å². The zero-order valence-electron chi connectivity index (χ0n) is 18.6. The van der Waals surface area contributed by atoms with E-state index in [0.717, 1.165) is 75.4 Å². The van der Waals surface area contributed by atoms with Gasteiger partial charge in [-0.1, -0.05) is 18.2 Å². The zero-order chi connectivity index (χ0) is 21.4. The van der Waals surface area contributed by atoms with E-state index in [2.05, 4.69) is 57.5 Å². The molecule has 31 heavy (non-hydrogen) atoms. The molecule has 0 radical (unpaired) electrons. The van der Waals surface area contributed by atoms with Crippen LogP contribution >= 0.6 is 11.3 Å². The van der Waals surface area contributed by atoms with E-state index < -0.39 is 0 Å². The van der Waals surface area contributed by atoms with Crippen molar-refractivity contribution in [3.8, 4) is 0 Å². The Kier molecular flexibility index (Phi) is 5.82. The molecule has 2 aromatic heterocycles. The Labute approximate surface area is 188 Å². The molecule has 7 heteroatoms. The van der Waals surface area contributed by atoms with Gasteiger partial charge in [0.25, 0.3) is 0 Å². The summed E-state index contributed by atoms with van der Waals surface area (Å²) < 4.78 is 2.05. The van der Waals surface area contributed by atoms with Crippen LogP contribution in [0.5, 0.6) is 0 Å².